The summed E-state index contributed by atoms with van der Waals surface area (Å²) in [5.74, 6) is 0. The maximum absolute atomic E-state index is 4.21. The highest BCUT2D eigenvalue weighted by molar-refractivity contribution is 7.01. The fourth-order valence-corrected chi connectivity index (χ4v) is 57.5. The van der Waals surface area contributed by atoms with Gasteiger partial charge in [-0.2, -0.15) is 0 Å². The zero-order valence-corrected chi connectivity index (χ0v) is 24.5. The Morgan fingerprint density at radius 1 is 1.05 bits per heavy atom. The van der Waals surface area contributed by atoms with Crippen LogP contribution in [0.3, 0.4) is 0 Å². The summed E-state index contributed by atoms with van der Waals surface area (Å²) in [6.45, 7) is 4.99. The summed E-state index contributed by atoms with van der Waals surface area (Å²) in [5.41, 5.74) is 0. The second-order valence-corrected chi connectivity index (χ2v) is 35.0. The molecule has 0 aromatic heterocycles. The molecule has 3 aliphatic rings. The Labute approximate surface area is 136 Å². The lowest BCUT2D eigenvalue weighted by Gasteiger charge is -2.62. The molecule has 3 aliphatic heterocycles. The fourth-order valence-electron chi connectivity index (χ4n) is 3.34. The minimum Gasteiger partial charge on any atom is -0.360 e. The van der Waals surface area contributed by atoms with E-state index in [-0.39, 0.29) is 68.6 Å². The fraction of sp³-hybridized carbons (Fsp3) is 1.00. The highest BCUT2D eigenvalue weighted by atomic mass is 28.5. The van der Waals surface area contributed by atoms with Crippen molar-refractivity contribution in [3.05, 3.63) is 0 Å². The smallest absolute Gasteiger partial charge is 0.241 e. The van der Waals surface area contributed by atoms with Gasteiger partial charge in [0.15, 0.2) is 49.2 Å². The third-order valence-corrected chi connectivity index (χ3v) is 37.6. The predicted octanol–water partition coefficient (Wildman–Crippen LogP) is -8.96. The minimum atomic E-state index is -0.812. The van der Waals surface area contributed by atoms with Crippen molar-refractivity contribution < 1.29 is 0 Å². The summed E-state index contributed by atoms with van der Waals surface area (Å²) in [6, 6.07) is 0. The van der Waals surface area contributed by atoms with Crippen LogP contribution in [-0.2, 0) is 0 Å². The second-order valence-electron chi connectivity index (χ2n) is 5.68. The van der Waals surface area contributed by atoms with Gasteiger partial charge >= 0.3 is 0 Å². The number of hydrogen-bond acceptors (Lipinski definition) is 7. The first-order valence-corrected chi connectivity index (χ1v) is 21.1. The van der Waals surface area contributed by atoms with Crippen molar-refractivity contribution in [1.29, 1.82) is 0 Å². The third kappa shape index (κ3) is 3.08. The van der Waals surface area contributed by atoms with Gasteiger partial charge in [-0.05, 0) is 7.05 Å². The largest absolute Gasteiger partial charge is 0.360 e. The zero-order valence-electron chi connectivity index (χ0n) is 12.3. The summed E-state index contributed by atoms with van der Waals surface area (Å²) in [7, 11) is 0.952. The Kier molecular flexibility index (Phi) is 5.60. The molecular weight excluding hydrogens is 387 g/mol. The predicted molar refractivity (Wildman–Crippen MR) is 107 cm³/mol. The van der Waals surface area contributed by atoms with Gasteiger partial charge in [0.05, 0.1) is 19.4 Å². The van der Waals surface area contributed by atoms with Gasteiger partial charge in [-0.3, -0.25) is 0 Å². The molecule has 3 saturated heterocycles. The summed E-state index contributed by atoms with van der Waals surface area (Å²) < 4.78 is 23.2. The molecule has 7 nitrogen and oxygen atoms in total. The van der Waals surface area contributed by atoms with Gasteiger partial charge in [0.2, 0.25) is 18.6 Å². The molecule has 2 unspecified atom stereocenters. The molecule has 0 aromatic rings. The highest BCUT2D eigenvalue weighted by Crippen LogP contribution is 2.20. The molecule has 0 amide bonds. The van der Waals surface area contributed by atoms with E-state index in [0.29, 0.717) is 0 Å². The van der Waals surface area contributed by atoms with Gasteiger partial charge < -0.3 is 29.1 Å². The molecule has 0 spiro atoms. The number of rotatable bonds is 2. The van der Waals surface area contributed by atoms with Crippen LogP contribution < -0.4 is 9.30 Å². The van der Waals surface area contributed by atoms with Gasteiger partial charge in [-0.25, -0.2) is 0 Å². The molecular formula is C3H27N7Si9. The topological polar surface area (TPSA) is 40.3 Å². The number of fused-ring (bicyclic) bond motifs is 3. The highest BCUT2D eigenvalue weighted by Gasteiger charge is 2.50. The first kappa shape index (κ1) is 15.6. The molecule has 3 heterocycles. The molecule has 2 N–H and O–H groups in total. The van der Waals surface area contributed by atoms with Gasteiger partial charge in [0, 0.05) is 0 Å². The van der Waals surface area contributed by atoms with E-state index in [1.54, 1.807) is 0 Å². The van der Waals surface area contributed by atoms with Crippen molar-refractivity contribution >= 4 is 87.1 Å². The zero-order chi connectivity index (χ0) is 13.4. The Morgan fingerprint density at radius 3 is 2.63 bits per heavy atom. The summed E-state index contributed by atoms with van der Waals surface area (Å²) >= 11 is 0. The van der Waals surface area contributed by atoms with Crippen molar-refractivity contribution in [1.82, 2.24) is 29.1 Å². The molecule has 3 rings (SSSR count). The third-order valence-electron chi connectivity index (χ3n) is 4.43. The van der Waals surface area contributed by atoms with Crippen LogP contribution in [0.1, 0.15) is 0 Å². The van der Waals surface area contributed by atoms with Crippen LogP contribution in [0.4, 0.5) is 0 Å². The van der Waals surface area contributed by atoms with Crippen LogP contribution in [0, 0.1) is 0 Å². The quantitative estimate of drug-likeness (QED) is 0.436. The lowest BCUT2D eigenvalue weighted by molar-refractivity contribution is 0.551. The Morgan fingerprint density at radius 2 is 1.89 bits per heavy atom. The summed E-state index contributed by atoms with van der Waals surface area (Å²) in [6.07, 6.45) is 0. The number of nitrogens with zero attached hydrogens (tertiary/aromatic N) is 5. The van der Waals surface area contributed by atoms with Crippen molar-refractivity contribution in [3.8, 4) is 0 Å². The Hall–Kier alpha value is 1.67. The lowest BCUT2D eigenvalue weighted by atomic mass is 11.6. The van der Waals surface area contributed by atoms with Crippen LogP contribution in [0.15, 0.2) is 0 Å². The Bertz CT molecular complexity index is 322. The maximum Gasteiger partial charge on any atom is 0.241 e. The SMILES string of the molecule is C[SiH2]N1[SiH2]N[SiH2]N2[SiH2]N(C)[SiH]3N([SiH2]C)[SiH2]N3[SiH]2N[SiH2]1. The van der Waals surface area contributed by atoms with Crippen molar-refractivity contribution in [3.63, 3.8) is 0 Å². The van der Waals surface area contributed by atoms with Crippen LogP contribution >= 0.6 is 0 Å². The van der Waals surface area contributed by atoms with Gasteiger partial charge in [-0.1, -0.05) is 13.1 Å². The molecule has 0 aliphatic carbocycles. The van der Waals surface area contributed by atoms with E-state index in [1.165, 1.54) is 0 Å². The van der Waals surface area contributed by atoms with Crippen molar-refractivity contribution in [2.45, 2.75) is 13.1 Å². The molecule has 0 saturated carbocycles. The standard InChI is InChI=1S/C3H27N7Si9/c1-6-16-9-14-4-13-7(11-2)15-5-18(9)10-17-8(12-3)19(6)10/h4-5,18-19H,11-17H2,1-3H3. The van der Waals surface area contributed by atoms with Crippen LogP contribution in [0.25, 0.3) is 0 Å². The molecule has 0 bridgehead atoms. The van der Waals surface area contributed by atoms with E-state index < -0.39 is 18.6 Å². The summed E-state index contributed by atoms with van der Waals surface area (Å²) in [4.78, 5) is 0. The molecule has 3 fully saturated rings. The molecule has 19 heavy (non-hydrogen) atoms. The van der Waals surface area contributed by atoms with E-state index >= 15 is 0 Å². The van der Waals surface area contributed by atoms with E-state index in [0.717, 1.165) is 0 Å². The van der Waals surface area contributed by atoms with Gasteiger partial charge in [0.1, 0.15) is 0 Å². The summed E-state index contributed by atoms with van der Waals surface area (Å²) in [5, 5.41) is 0. The number of hydrogen-bond donors (Lipinski definition) is 2. The molecule has 0 radical (unpaired) electrons. The van der Waals surface area contributed by atoms with Gasteiger partial charge in [0.25, 0.3) is 0 Å². The average Bonchev–Trinajstić information content (AvgIpc) is 2.34. The maximum atomic E-state index is 4.21. The first-order chi connectivity index (χ1) is 9.24. The normalized spacial score (nSPS) is 43.7. The van der Waals surface area contributed by atoms with E-state index in [2.05, 4.69) is 49.3 Å². The van der Waals surface area contributed by atoms with Crippen molar-refractivity contribution in [2.75, 3.05) is 7.05 Å². The number of nitrogens with one attached hydrogen (secondary N) is 2. The molecule has 110 valence electrons. The van der Waals surface area contributed by atoms with E-state index in [1.807, 2.05) is 0 Å². The minimum absolute atomic E-state index is 0.0273. The lowest BCUT2D eigenvalue weighted by Crippen LogP contribution is -2.91. The molecule has 0 aromatic carbocycles. The van der Waals surface area contributed by atoms with Gasteiger partial charge in [-0.15, -0.1) is 0 Å². The van der Waals surface area contributed by atoms with E-state index in [9.17, 15) is 0 Å². The molecule has 16 heteroatoms. The monoisotopic (exact) mass is 413 g/mol. The molecule has 2 atom stereocenters. The van der Waals surface area contributed by atoms with E-state index in [4.69, 9.17) is 0 Å². The van der Waals surface area contributed by atoms with Crippen LogP contribution in [0.2, 0.25) is 13.1 Å². The van der Waals surface area contributed by atoms with Crippen molar-refractivity contribution in [2.24, 2.45) is 0 Å². The average molecular weight is 414 g/mol. The Balaban J connectivity index is 1.69. The first-order valence-electron chi connectivity index (χ1n) is 7.35. The van der Waals surface area contributed by atoms with Crippen LogP contribution in [0.5, 0.6) is 0 Å². The van der Waals surface area contributed by atoms with Crippen LogP contribution in [-0.4, -0.2) is 114 Å². The second kappa shape index (κ2) is 6.84.